The number of hydrogen-bond donors (Lipinski definition) is 0. The van der Waals surface area contributed by atoms with Gasteiger partial charge < -0.3 is 19.6 Å². The molecule has 0 aliphatic carbocycles. The Morgan fingerprint density at radius 1 is 0.234 bits per heavy atom. The summed E-state index contributed by atoms with van der Waals surface area (Å²) in [6.45, 7) is 0.0160. The molecule has 0 aromatic heterocycles. The summed E-state index contributed by atoms with van der Waals surface area (Å²) < 4.78 is 0. The van der Waals surface area contributed by atoms with Gasteiger partial charge in [-0.3, -0.25) is 0 Å². The highest BCUT2D eigenvalue weighted by Gasteiger charge is 2.46. The van der Waals surface area contributed by atoms with Gasteiger partial charge in [0.05, 0.1) is 0 Å². The van der Waals surface area contributed by atoms with Crippen LogP contribution in [-0.2, 0) is 0 Å². The fraction of sp³-hybridized carbons (Fsp3) is 0. The average molecular weight is 813 g/mol. The number of para-hydroxylation sites is 6. The van der Waals surface area contributed by atoms with Crippen molar-refractivity contribution in [1.29, 1.82) is 0 Å². The van der Waals surface area contributed by atoms with E-state index >= 15 is 0 Å². The Morgan fingerprint density at radius 3 is 1.08 bits per heavy atom. The molecule has 0 saturated heterocycles. The van der Waals surface area contributed by atoms with Crippen molar-refractivity contribution in [2.24, 2.45) is 0 Å². The second-order valence-corrected chi connectivity index (χ2v) is 17.2. The van der Waals surface area contributed by atoms with Crippen molar-refractivity contribution in [1.82, 2.24) is 0 Å². The van der Waals surface area contributed by atoms with Gasteiger partial charge in [0, 0.05) is 68.2 Å². The standard InChI is InChI=1S/C58H38B2N4/c1-5-19-40(20-6-1)61-48-29-15-13-27-45(48)59-47-37-39-35-36-54-56(44(39)38-55(47)64(43-25-11-4-12-26-43)51-32-17-31-50(61)57(51)59)60-46-28-14-16-30-49(46)62(41-21-7-2-8-22-41)52-33-18-34-53(58(52)60)63(54)42-23-9-3-10-24-42/h1-38H. The smallest absolute Gasteiger partial charge is 0.252 e. The van der Waals surface area contributed by atoms with Crippen LogP contribution in [0.25, 0.3) is 10.8 Å². The molecule has 0 radical (unpaired) electrons. The van der Waals surface area contributed by atoms with Crippen molar-refractivity contribution < 1.29 is 0 Å². The lowest BCUT2D eigenvalue weighted by Gasteiger charge is -2.45. The monoisotopic (exact) mass is 812 g/mol. The number of anilines is 12. The second kappa shape index (κ2) is 13.6. The van der Waals surface area contributed by atoms with Gasteiger partial charge in [0.1, 0.15) is 0 Å². The number of benzene rings is 10. The van der Waals surface area contributed by atoms with Gasteiger partial charge in [-0.2, -0.15) is 0 Å². The molecule has 10 aromatic rings. The highest BCUT2D eigenvalue weighted by molar-refractivity contribution is 7.02. The summed E-state index contributed by atoms with van der Waals surface area (Å²) in [6, 6.07) is 85.3. The molecule has 0 spiro atoms. The van der Waals surface area contributed by atoms with E-state index in [4.69, 9.17) is 0 Å². The van der Waals surface area contributed by atoms with Crippen molar-refractivity contribution in [2.75, 3.05) is 19.6 Å². The van der Waals surface area contributed by atoms with E-state index in [0.29, 0.717) is 0 Å². The Kier molecular flexibility index (Phi) is 7.55. The van der Waals surface area contributed by atoms with Crippen molar-refractivity contribution in [3.8, 4) is 0 Å². The van der Waals surface area contributed by atoms with E-state index in [1.807, 2.05) is 0 Å². The Balaban J connectivity index is 1.08. The summed E-state index contributed by atoms with van der Waals surface area (Å²) in [4.78, 5) is 9.97. The molecule has 14 rings (SSSR count). The largest absolute Gasteiger partial charge is 0.311 e. The third-order valence-corrected chi connectivity index (χ3v) is 14.0. The molecule has 0 amide bonds. The first-order valence-electron chi connectivity index (χ1n) is 22.3. The van der Waals surface area contributed by atoms with Crippen LogP contribution in [-0.4, -0.2) is 13.4 Å². The van der Waals surface area contributed by atoms with Crippen LogP contribution in [0.15, 0.2) is 231 Å². The molecule has 0 bridgehead atoms. The molecular weight excluding hydrogens is 774 g/mol. The fourth-order valence-corrected chi connectivity index (χ4v) is 11.5. The quantitative estimate of drug-likeness (QED) is 0.164. The maximum Gasteiger partial charge on any atom is 0.252 e. The molecule has 10 aromatic carbocycles. The van der Waals surface area contributed by atoms with Crippen LogP contribution in [0.1, 0.15) is 0 Å². The Labute approximate surface area is 373 Å². The number of nitrogens with zero attached hydrogens (tertiary/aromatic N) is 4. The molecule has 64 heavy (non-hydrogen) atoms. The number of hydrogen-bond acceptors (Lipinski definition) is 4. The zero-order valence-electron chi connectivity index (χ0n) is 34.9. The minimum Gasteiger partial charge on any atom is -0.311 e. The van der Waals surface area contributed by atoms with E-state index in [0.717, 1.165) is 22.7 Å². The normalized spacial score (nSPS) is 13.8. The van der Waals surface area contributed by atoms with E-state index in [1.165, 1.54) is 89.0 Å². The summed E-state index contributed by atoms with van der Waals surface area (Å²) in [7, 11) is 0. The number of fused-ring (bicyclic) bond motifs is 10. The van der Waals surface area contributed by atoms with Gasteiger partial charge in [-0.25, -0.2) is 0 Å². The molecule has 4 nitrogen and oxygen atoms in total. The summed E-state index contributed by atoms with van der Waals surface area (Å²) in [6.07, 6.45) is 0. The lowest BCUT2D eigenvalue weighted by atomic mass is 9.32. The highest BCUT2D eigenvalue weighted by Crippen LogP contribution is 2.47. The third kappa shape index (κ3) is 4.91. The molecule has 4 heterocycles. The summed E-state index contributed by atoms with van der Waals surface area (Å²) >= 11 is 0. The first-order valence-corrected chi connectivity index (χ1v) is 22.3. The van der Waals surface area contributed by atoms with E-state index in [2.05, 4.69) is 250 Å². The minimum absolute atomic E-state index is 0.0124. The van der Waals surface area contributed by atoms with E-state index in [9.17, 15) is 0 Å². The topological polar surface area (TPSA) is 13.0 Å². The van der Waals surface area contributed by atoms with E-state index < -0.39 is 0 Å². The Hall–Kier alpha value is -8.21. The van der Waals surface area contributed by atoms with E-state index in [-0.39, 0.29) is 13.4 Å². The predicted octanol–water partition coefficient (Wildman–Crippen LogP) is 11.0. The molecule has 0 unspecified atom stereocenters. The van der Waals surface area contributed by atoms with Crippen molar-refractivity contribution in [3.63, 3.8) is 0 Å². The molecule has 0 atom stereocenters. The van der Waals surface area contributed by atoms with E-state index in [1.54, 1.807) is 0 Å². The fourth-order valence-electron chi connectivity index (χ4n) is 11.5. The molecule has 0 N–H and O–H groups in total. The highest BCUT2D eigenvalue weighted by atomic mass is 15.2. The molecule has 4 aliphatic rings. The van der Waals surface area contributed by atoms with Crippen LogP contribution in [0.2, 0.25) is 0 Å². The second-order valence-electron chi connectivity index (χ2n) is 17.2. The van der Waals surface area contributed by atoms with Crippen LogP contribution in [0.4, 0.5) is 68.2 Å². The van der Waals surface area contributed by atoms with Crippen molar-refractivity contribution >= 4 is 125 Å². The lowest BCUT2D eigenvalue weighted by molar-refractivity contribution is 1.25. The van der Waals surface area contributed by atoms with Crippen molar-refractivity contribution in [3.05, 3.63) is 231 Å². The van der Waals surface area contributed by atoms with Crippen LogP contribution in [0, 0.1) is 0 Å². The zero-order chi connectivity index (χ0) is 41.9. The van der Waals surface area contributed by atoms with Gasteiger partial charge in [0.25, 0.3) is 13.4 Å². The van der Waals surface area contributed by atoms with Crippen LogP contribution in [0.5, 0.6) is 0 Å². The predicted molar refractivity (Wildman–Crippen MR) is 272 cm³/mol. The van der Waals surface area contributed by atoms with Gasteiger partial charge >= 0.3 is 0 Å². The minimum atomic E-state index is -0.0124. The summed E-state index contributed by atoms with van der Waals surface area (Å²) in [5.74, 6) is 0. The zero-order valence-corrected chi connectivity index (χ0v) is 34.9. The van der Waals surface area contributed by atoms with Crippen LogP contribution < -0.4 is 52.4 Å². The molecule has 0 fully saturated rings. The molecule has 0 saturated carbocycles. The van der Waals surface area contributed by atoms with Gasteiger partial charge in [0.15, 0.2) is 0 Å². The third-order valence-electron chi connectivity index (χ3n) is 14.0. The SMILES string of the molecule is c1ccc(N2c3ccccc3B3c4cc5ccc6c(c5cc4N(c4ccccc4)c4cccc2c43)B2c3ccccc3N(c3ccccc3)c3cccc(c32)N6c2ccccc2)cc1. The average Bonchev–Trinajstić information content (AvgIpc) is 3.36. The van der Waals surface area contributed by atoms with Crippen LogP contribution in [0.3, 0.4) is 0 Å². The van der Waals surface area contributed by atoms with Crippen molar-refractivity contribution in [2.45, 2.75) is 0 Å². The van der Waals surface area contributed by atoms with Gasteiger partial charge in [-0.1, -0.05) is 133 Å². The first-order chi connectivity index (χ1) is 31.8. The van der Waals surface area contributed by atoms with Crippen LogP contribution >= 0.6 is 0 Å². The van der Waals surface area contributed by atoms with Gasteiger partial charge in [-0.15, -0.1) is 0 Å². The molecule has 6 heteroatoms. The lowest BCUT2D eigenvalue weighted by Crippen LogP contribution is -2.62. The maximum atomic E-state index is 2.54. The number of rotatable bonds is 4. The molecular formula is C58H38B2N4. The Morgan fingerprint density at radius 2 is 0.594 bits per heavy atom. The molecule has 296 valence electrons. The molecule has 4 aliphatic heterocycles. The summed E-state index contributed by atoms with van der Waals surface area (Å²) in [5, 5.41) is 2.51. The first kappa shape index (κ1) is 35.4. The summed E-state index contributed by atoms with van der Waals surface area (Å²) in [5.41, 5.74) is 22.2. The Bertz CT molecular complexity index is 3480. The van der Waals surface area contributed by atoms with Gasteiger partial charge in [0.2, 0.25) is 0 Å². The maximum absolute atomic E-state index is 2.54. The van der Waals surface area contributed by atoms with Gasteiger partial charge in [-0.05, 0) is 141 Å².